The number of nitrogens with zero attached hydrogens (tertiary/aromatic N) is 2. The fourth-order valence-corrected chi connectivity index (χ4v) is 2.44. The minimum absolute atomic E-state index is 0.228. The van der Waals surface area contributed by atoms with Crippen molar-refractivity contribution in [2.75, 3.05) is 13.2 Å². The summed E-state index contributed by atoms with van der Waals surface area (Å²) in [6.07, 6.45) is 4.61. The molecular formula is C14H24N2O2. The zero-order chi connectivity index (χ0) is 13.2. The SMILES string of the molecule is CCC(C)n1ccc(CC(C)(O)C2CCOC2)n1. The van der Waals surface area contributed by atoms with Crippen molar-refractivity contribution in [1.29, 1.82) is 0 Å². The lowest BCUT2D eigenvalue weighted by Gasteiger charge is -2.28. The molecule has 0 radical (unpaired) electrons. The van der Waals surface area contributed by atoms with E-state index >= 15 is 0 Å². The topological polar surface area (TPSA) is 47.3 Å². The molecule has 1 fully saturated rings. The summed E-state index contributed by atoms with van der Waals surface area (Å²) >= 11 is 0. The van der Waals surface area contributed by atoms with Gasteiger partial charge in [-0.3, -0.25) is 4.68 Å². The Morgan fingerprint density at radius 1 is 1.67 bits per heavy atom. The highest BCUT2D eigenvalue weighted by molar-refractivity contribution is 5.05. The van der Waals surface area contributed by atoms with E-state index in [2.05, 4.69) is 18.9 Å². The third-order valence-electron chi connectivity index (χ3n) is 4.05. The molecule has 1 aliphatic rings. The van der Waals surface area contributed by atoms with Gasteiger partial charge in [-0.05, 0) is 32.8 Å². The van der Waals surface area contributed by atoms with Crippen molar-refractivity contribution < 1.29 is 9.84 Å². The molecule has 3 atom stereocenters. The smallest absolute Gasteiger partial charge is 0.0726 e. The van der Waals surface area contributed by atoms with Gasteiger partial charge in [-0.25, -0.2) is 0 Å². The Kier molecular flexibility index (Phi) is 4.07. The maximum Gasteiger partial charge on any atom is 0.0726 e. The largest absolute Gasteiger partial charge is 0.389 e. The van der Waals surface area contributed by atoms with E-state index < -0.39 is 5.60 Å². The summed E-state index contributed by atoms with van der Waals surface area (Å²) in [6, 6.07) is 2.43. The predicted molar refractivity (Wildman–Crippen MR) is 70.5 cm³/mol. The quantitative estimate of drug-likeness (QED) is 0.873. The second kappa shape index (κ2) is 5.41. The minimum Gasteiger partial charge on any atom is -0.389 e. The van der Waals surface area contributed by atoms with Crippen molar-refractivity contribution in [3.63, 3.8) is 0 Å². The van der Waals surface area contributed by atoms with Crippen LogP contribution in [-0.4, -0.2) is 33.7 Å². The van der Waals surface area contributed by atoms with Gasteiger partial charge in [0.25, 0.3) is 0 Å². The molecule has 4 heteroatoms. The summed E-state index contributed by atoms with van der Waals surface area (Å²) in [7, 11) is 0. The number of rotatable bonds is 5. The van der Waals surface area contributed by atoms with Crippen LogP contribution >= 0.6 is 0 Å². The average Bonchev–Trinajstić information content (AvgIpc) is 2.97. The second-order valence-electron chi connectivity index (χ2n) is 5.64. The molecule has 1 aromatic heterocycles. The molecule has 1 aromatic rings. The van der Waals surface area contributed by atoms with Crippen LogP contribution in [0.4, 0.5) is 0 Å². The first-order valence-electron chi connectivity index (χ1n) is 6.87. The molecule has 18 heavy (non-hydrogen) atoms. The van der Waals surface area contributed by atoms with Gasteiger partial charge in [-0.1, -0.05) is 6.92 Å². The van der Waals surface area contributed by atoms with E-state index in [9.17, 15) is 5.11 Å². The van der Waals surface area contributed by atoms with Gasteiger partial charge >= 0.3 is 0 Å². The summed E-state index contributed by atoms with van der Waals surface area (Å²) < 4.78 is 7.34. The van der Waals surface area contributed by atoms with Crippen molar-refractivity contribution >= 4 is 0 Å². The van der Waals surface area contributed by atoms with Crippen LogP contribution in [0.5, 0.6) is 0 Å². The van der Waals surface area contributed by atoms with Crippen LogP contribution in [-0.2, 0) is 11.2 Å². The Bertz CT molecular complexity index is 381. The first-order valence-corrected chi connectivity index (χ1v) is 6.87. The molecule has 0 saturated carbocycles. The molecule has 1 aliphatic heterocycles. The Labute approximate surface area is 109 Å². The molecule has 1 saturated heterocycles. The highest BCUT2D eigenvalue weighted by Crippen LogP contribution is 2.28. The maximum atomic E-state index is 10.5. The Balaban J connectivity index is 2.01. The van der Waals surface area contributed by atoms with E-state index in [4.69, 9.17) is 4.74 Å². The van der Waals surface area contributed by atoms with E-state index in [1.54, 1.807) is 0 Å². The Hall–Kier alpha value is -0.870. The number of aromatic nitrogens is 2. The normalized spacial score (nSPS) is 25.0. The summed E-state index contributed by atoms with van der Waals surface area (Å²) in [5, 5.41) is 15.1. The lowest BCUT2D eigenvalue weighted by atomic mass is 9.85. The highest BCUT2D eigenvalue weighted by atomic mass is 16.5. The van der Waals surface area contributed by atoms with Crippen LogP contribution in [0.15, 0.2) is 12.3 Å². The first kappa shape index (κ1) is 13.6. The van der Waals surface area contributed by atoms with Crippen LogP contribution in [0.3, 0.4) is 0 Å². The number of hydrogen-bond donors (Lipinski definition) is 1. The third-order valence-corrected chi connectivity index (χ3v) is 4.05. The van der Waals surface area contributed by atoms with Crippen molar-refractivity contribution in [1.82, 2.24) is 9.78 Å². The van der Waals surface area contributed by atoms with E-state index in [1.807, 2.05) is 23.9 Å². The Morgan fingerprint density at radius 3 is 3.06 bits per heavy atom. The first-order chi connectivity index (χ1) is 8.53. The monoisotopic (exact) mass is 252 g/mol. The zero-order valence-electron chi connectivity index (χ0n) is 11.6. The van der Waals surface area contributed by atoms with Crippen LogP contribution in [0, 0.1) is 5.92 Å². The van der Waals surface area contributed by atoms with Crippen molar-refractivity contribution in [2.24, 2.45) is 5.92 Å². The molecule has 0 aliphatic carbocycles. The lowest BCUT2D eigenvalue weighted by Crippen LogP contribution is -2.37. The summed E-state index contributed by atoms with van der Waals surface area (Å²) in [5.74, 6) is 0.228. The van der Waals surface area contributed by atoms with E-state index in [0.29, 0.717) is 19.1 Å². The summed E-state index contributed by atoms with van der Waals surface area (Å²) in [5.41, 5.74) is 0.248. The average molecular weight is 252 g/mol. The molecule has 3 unspecified atom stereocenters. The fourth-order valence-electron chi connectivity index (χ4n) is 2.44. The zero-order valence-corrected chi connectivity index (χ0v) is 11.6. The highest BCUT2D eigenvalue weighted by Gasteiger charge is 2.35. The van der Waals surface area contributed by atoms with Gasteiger partial charge in [-0.15, -0.1) is 0 Å². The third kappa shape index (κ3) is 2.93. The number of aliphatic hydroxyl groups is 1. The molecule has 4 nitrogen and oxygen atoms in total. The van der Waals surface area contributed by atoms with Gasteiger partial charge in [0.15, 0.2) is 0 Å². The molecular weight excluding hydrogens is 228 g/mol. The molecule has 1 N–H and O–H groups in total. The molecule has 0 aromatic carbocycles. The fraction of sp³-hybridized carbons (Fsp3) is 0.786. The van der Waals surface area contributed by atoms with Crippen molar-refractivity contribution in [2.45, 2.75) is 51.7 Å². The minimum atomic E-state index is -0.717. The van der Waals surface area contributed by atoms with Crippen molar-refractivity contribution in [3.05, 3.63) is 18.0 Å². The molecule has 2 rings (SSSR count). The maximum absolute atomic E-state index is 10.5. The van der Waals surface area contributed by atoms with Gasteiger partial charge in [0.2, 0.25) is 0 Å². The van der Waals surface area contributed by atoms with Gasteiger partial charge < -0.3 is 9.84 Å². The molecule has 2 heterocycles. The van der Waals surface area contributed by atoms with Gasteiger partial charge in [0.05, 0.1) is 17.9 Å². The Morgan fingerprint density at radius 2 is 2.44 bits per heavy atom. The van der Waals surface area contributed by atoms with Crippen LogP contribution < -0.4 is 0 Å². The van der Waals surface area contributed by atoms with Gasteiger partial charge in [0.1, 0.15) is 0 Å². The van der Waals surface area contributed by atoms with Gasteiger partial charge in [-0.2, -0.15) is 5.10 Å². The van der Waals surface area contributed by atoms with E-state index in [0.717, 1.165) is 25.1 Å². The molecule has 0 spiro atoms. The van der Waals surface area contributed by atoms with Gasteiger partial charge in [0, 0.05) is 31.2 Å². The van der Waals surface area contributed by atoms with Crippen LogP contribution in [0.1, 0.15) is 45.3 Å². The molecule has 0 bridgehead atoms. The van der Waals surface area contributed by atoms with E-state index in [1.165, 1.54) is 0 Å². The summed E-state index contributed by atoms with van der Waals surface area (Å²) in [6.45, 7) is 7.63. The number of hydrogen-bond acceptors (Lipinski definition) is 3. The second-order valence-corrected chi connectivity index (χ2v) is 5.64. The van der Waals surface area contributed by atoms with Crippen LogP contribution in [0.25, 0.3) is 0 Å². The number of ether oxygens (including phenoxy) is 1. The van der Waals surface area contributed by atoms with Crippen LogP contribution in [0.2, 0.25) is 0 Å². The standard InChI is InChI=1S/C14H24N2O2/c1-4-11(2)16-7-5-13(15-16)9-14(3,17)12-6-8-18-10-12/h5,7,11-12,17H,4,6,8-10H2,1-3H3. The van der Waals surface area contributed by atoms with E-state index in [-0.39, 0.29) is 5.92 Å². The molecule has 102 valence electrons. The lowest BCUT2D eigenvalue weighted by molar-refractivity contribution is -0.00543. The summed E-state index contributed by atoms with van der Waals surface area (Å²) in [4.78, 5) is 0. The van der Waals surface area contributed by atoms with Crippen molar-refractivity contribution in [3.8, 4) is 0 Å². The predicted octanol–water partition coefficient (Wildman–Crippen LogP) is 2.18. The molecule has 0 amide bonds.